The minimum Gasteiger partial charge on any atom is -0.493 e. The number of para-hydroxylation sites is 1. The van der Waals surface area contributed by atoms with Gasteiger partial charge in [-0.05, 0) is 37.5 Å². The average Bonchev–Trinajstić information content (AvgIpc) is 2.59. The van der Waals surface area contributed by atoms with Gasteiger partial charge in [0.15, 0.2) is 6.54 Å². The predicted molar refractivity (Wildman–Crippen MR) is 99.1 cm³/mol. The van der Waals surface area contributed by atoms with Gasteiger partial charge in [0.2, 0.25) is 5.71 Å². The molecule has 6 heteroatoms. The normalized spacial score (nSPS) is 19.2. The van der Waals surface area contributed by atoms with Crippen LogP contribution in [0.1, 0.15) is 24.0 Å². The van der Waals surface area contributed by atoms with Gasteiger partial charge in [0, 0.05) is 6.42 Å². The summed E-state index contributed by atoms with van der Waals surface area (Å²) in [5.74, 6) is 0.267. The van der Waals surface area contributed by atoms with E-state index in [0.717, 1.165) is 23.3 Å². The van der Waals surface area contributed by atoms with E-state index in [1.807, 2.05) is 32.0 Å². The summed E-state index contributed by atoms with van der Waals surface area (Å²) in [5, 5.41) is -0.516. The summed E-state index contributed by atoms with van der Waals surface area (Å²) in [6.07, 6.45) is 5.87. The maximum absolute atomic E-state index is 12.1. The lowest BCUT2D eigenvalue weighted by Crippen LogP contribution is -2.43. The molecule has 0 spiro atoms. The molecule has 136 valence electrons. The van der Waals surface area contributed by atoms with Crippen LogP contribution in [0.2, 0.25) is 0 Å². The summed E-state index contributed by atoms with van der Waals surface area (Å²) < 4.78 is 12.1. The van der Waals surface area contributed by atoms with Crippen LogP contribution in [0.15, 0.2) is 42.0 Å². The maximum atomic E-state index is 12.1. The second-order valence-corrected chi connectivity index (χ2v) is 6.81. The van der Waals surface area contributed by atoms with Gasteiger partial charge in [-0.25, -0.2) is 4.79 Å². The van der Waals surface area contributed by atoms with Crippen molar-refractivity contribution in [2.45, 2.75) is 32.1 Å². The van der Waals surface area contributed by atoms with E-state index >= 15 is 0 Å². The van der Waals surface area contributed by atoms with Gasteiger partial charge in [-0.3, -0.25) is 0 Å². The number of nitrogens with zero attached hydrogens (tertiary/aromatic N) is 1. The molecule has 0 saturated carbocycles. The number of unbranched alkanes of at least 4 members (excludes halogenated alkanes) is 1. The highest BCUT2D eigenvalue weighted by atomic mass is 35.5. The average molecular weight is 375 g/mol. The summed E-state index contributed by atoms with van der Waals surface area (Å²) in [7, 11) is 0. The largest absolute Gasteiger partial charge is 0.604 e. The zero-order valence-corrected chi connectivity index (χ0v) is 15.6. The number of esters is 1. The lowest BCUT2D eigenvalue weighted by atomic mass is 10.0. The van der Waals surface area contributed by atoms with Crippen LogP contribution in [-0.2, 0) is 9.53 Å². The first-order chi connectivity index (χ1) is 12.5. The van der Waals surface area contributed by atoms with Crippen molar-refractivity contribution in [3.05, 3.63) is 53.1 Å². The van der Waals surface area contributed by atoms with Crippen molar-refractivity contribution in [3.8, 4) is 5.75 Å². The lowest BCUT2D eigenvalue weighted by Gasteiger charge is -2.18. The molecule has 0 radical (unpaired) electrons. The summed E-state index contributed by atoms with van der Waals surface area (Å²) >= 11 is 6.28. The fourth-order valence-electron chi connectivity index (χ4n) is 3.11. The molecule has 1 unspecified atom stereocenters. The van der Waals surface area contributed by atoms with E-state index in [4.69, 9.17) is 21.1 Å². The minimum atomic E-state index is -0.668. The van der Waals surface area contributed by atoms with Crippen LogP contribution in [-0.4, -0.2) is 40.9 Å². The van der Waals surface area contributed by atoms with Gasteiger partial charge in [-0.2, -0.15) is 4.79 Å². The zero-order valence-electron chi connectivity index (χ0n) is 14.8. The number of carbonyl (C=O) groups is 2. The SMILES string of the molecule is Cc1cccc(C)c1OCCCC[N+]1=C2C(=CC=CC2Cl)C(=O)OC1=O. The molecule has 3 rings (SSSR count). The molecule has 26 heavy (non-hydrogen) atoms. The Morgan fingerprint density at radius 1 is 1.19 bits per heavy atom. The first-order valence-corrected chi connectivity index (χ1v) is 9.05. The van der Waals surface area contributed by atoms with E-state index in [1.54, 1.807) is 18.2 Å². The van der Waals surface area contributed by atoms with Gasteiger partial charge in [-0.1, -0.05) is 30.4 Å². The van der Waals surface area contributed by atoms with Gasteiger partial charge < -0.3 is 9.47 Å². The number of cyclic esters (lactones) is 2. The minimum absolute atomic E-state index is 0.346. The van der Waals surface area contributed by atoms with Crippen LogP contribution >= 0.6 is 11.6 Å². The van der Waals surface area contributed by atoms with Gasteiger partial charge in [0.1, 0.15) is 16.7 Å². The van der Waals surface area contributed by atoms with Crippen LogP contribution in [0.5, 0.6) is 5.75 Å². The monoisotopic (exact) mass is 374 g/mol. The number of halogens is 1. The van der Waals surface area contributed by atoms with Crippen molar-refractivity contribution in [2.75, 3.05) is 13.2 Å². The number of hydrogen-bond donors (Lipinski definition) is 0. The van der Waals surface area contributed by atoms with E-state index in [1.165, 1.54) is 4.58 Å². The van der Waals surface area contributed by atoms with Crippen molar-refractivity contribution in [1.82, 2.24) is 0 Å². The van der Waals surface area contributed by atoms with Crippen molar-refractivity contribution < 1.29 is 23.6 Å². The third-order valence-corrected chi connectivity index (χ3v) is 4.77. The summed E-state index contributed by atoms with van der Waals surface area (Å²) in [5.41, 5.74) is 3.06. The van der Waals surface area contributed by atoms with Crippen LogP contribution < -0.4 is 4.74 Å². The Morgan fingerprint density at radius 3 is 2.65 bits per heavy atom. The molecule has 0 fully saturated rings. The second-order valence-electron chi connectivity index (χ2n) is 6.34. The Morgan fingerprint density at radius 2 is 1.92 bits per heavy atom. The number of ether oxygens (including phenoxy) is 2. The molecule has 1 aliphatic heterocycles. The van der Waals surface area contributed by atoms with E-state index < -0.39 is 17.4 Å². The number of hydrogen-bond acceptors (Lipinski definition) is 4. The standard InChI is InChI=1S/C20H21ClNO4/c1-13-7-5-8-14(2)18(13)25-12-4-3-11-22-17-15(9-6-10-16(17)21)19(23)26-20(22)24/h5-10,16H,3-4,11-12H2,1-2H3/q+1. The van der Waals surface area contributed by atoms with Crippen molar-refractivity contribution in [3.63, 3.8) is 0 Å². The molecular formula is C20H21ClNO4+. The smallest absolute Gasteiger partial charge is 0.493 e. The van der Waals surface area contributed by atoms with Gasteiger partial charge in [-0.15, -0.1) is 16.2 Å². The van der Waals surface area contributed by atoms with Crippen LogP contribution in [0.3, 0.4) is 0 Å². The predicted octanol–water partition coefficient (Wildman–Crippen LogP) is 3.70. The van der Waals surface area contributed by atoms with E-state index in [9.17, 15) is 9.59 Å². The van der Waals surface area contributed by atoms with Crippen molar-refractivity contribution >= 4 is 29.4 Å². The van der Waals surface area contributed by atoms with Crippen molar-refractivity contribution in [2.24, 2.45) is 0 Å². The zero-order chi connectivity index (χ0) is 18.7. The number of carbonyl (C=O) groups excluding carboxylic acids is 2. The Bertz CT molecular complexity index is 818. The van der Waals surface area contributed by atoms with E-state index in [2.05, 4.69) is 0 Å². The summed E-state index contributed by atoms with van der Waals surface area (Å²) in [6.45, 7) is 5.01. The maximum Gasteiger partial charge on any atom is 0.604 e. The van der Waals surface area contributed by atoms with Crippen molar-refractivity contribution in [1.29, 1.82) is 0 Å². The highest BCUT2D eigenvalue weighted by molar-refractivity contribution is 6.40. The molecule has 1 aromatic rings. The summed E-state index contributed by atoms with van der Waals surface area (Å²) in [6, 6.07) is 6.04. The number of alkyl halides is 1. The highest BCUT2D eigenvalue weighted by Crippen LogP contribution is 2.23. The molecular weight excluding hydrogens is 354 g/mol. The summed E-state index contributed by atoms with van der Waals surface area (Å²) in [4.78, 5) is 24.0. The fourth-order valence-corrected chi connectivity index (χ4v) is 3.43. The topological polar surface area (TPSA) is 55.6 Å². The molecule has 1 heterocycles. The second kappa shape index (κ2) is 7.87. The third-order valence-electron chi connectivity index (χ3n) is 4.42. The lowest BCUT2D eigenvalue weighted by molar-refractivity contribution is -0.447. The van der Waals surface area contributed by atoms with Crippen LogP contribution in [0, 0.1) is 13.8 Å². The molecule has 0 saturated heterocycles. The quantitative estimate of drug-likeness (QED) is 0.250. The molecule has 1 aliphatic carbocycles. The van der Waals surface area contributed by atoms with Gasteiger partial charge >= 0.3 is 12.1 Å². The van der Waals surface area contributed by atoms with E-state index in [0.29, 0.717) is 30.9 Å². The number of allylic oxidation sites excluding steroid dienone is 3. The Labute approximate surface area is 157 Å². The molecule has 5 nitrogen and oxygen atoms in total. The molecule has 0 aromatic heterocycles. The number of benzene rings is 1. The molecule has 1 amide bonds. The van der Waals surface area contributed by atoms with E-state index in [-0.39, 0.29) is 0 Å². The molecule has 1 aromatic carbocycles. The Kier molecular flexibility index (Phi) is 5.57. The number of rotatable bonds is 6. The first-order valence-electron chi connectivity index (χ1n) is 8.61. The number of aryl methyl sites for hydroxylation is 2. The van der Waals surface area contributed by atoms with Gasteiger partial charge in [0.25, 0.3) is 0 Å². The number of amides is 1. The third kappa shape index (κ3) is 3.73. The molecule has 2 aliphatic rings. The highest BCUT2D eigenvalue weighted by Gasteiger charge is 2.43. The number of fused-ring (bicyclic) bond motifs is 1. The van der Waals surface area contributed by atoms with Gasteiger partial charge in [0.05, 0.1) is 6.61 Å². The Balaban J connectivity index is 1.61. The molecule has 1 atom stereocenters. The van der Waals surface area contributed by atoms with Crippen LogP contribution in [0.25, 0.3) is 0 Å². The molecule has 0 bridgehead atoms. The first kappa shape index (κ1) is 18.4. The van der Waals surface area contributed by atoms with Crippen LogP contribution in [0.4, 0.5) is 4.79 Å². The Hall–Kier alpha value is -2.40. The molecule has 0 N–H and O–H groups in total. The fraction of sp³-hybridized carbons (Fsp3) is 0.350.